The first-order valence-corrected chi connectivity index (χ1v) is 12.7. The van der Waals surface area contributed by atoms with E-state index in [4.69, 9.17) is 14.2 Å². The normalized spacial score (nSPS) is 15.5. The number of amides is 2. The van der Waals surface area contributed by atoms with Crippen LogP contribution in [0, 0.1) is 6.92 Å². The fourth-order valence-corrected chi connectivity index (χ4v) is 4.96. The predicted octanol–water partition coefficient (Wildman–Crippen LogP) is 6.09. The SMILES string of the molecule is CCc1c(Oc2ccnc3cc(OC)c(OC)cc23)ccc(N2C(=O)N(c3cncc(C(F)(F)F)c3)CC2O)c1C. The second-order valence-electron chi connectivity index (χ2n) is 9.35. The van der Waals surface area contributed by atoms with Gasteiger partial charge in [-0.1, -0.05) is 6.92 Å². The molecule has 5 rings (SSSR count). The summed E-state index contributed by atoms with van der Waals surface area (Å²) in [4.78, 5) is 23.7. The standard InChI is InChI=1S/C29H27F3N4O5/c1-5-19-16(2)22(36-27(37)15-35(28(36)38)18-10-17(13-33-14-18)29(30,31)32)6-7-23(19)41-24-8-9-34-21-12-26(40-4)25(39-3)11-20(21)24/h6-14,27,37H,5,15H2,1-4H3. The second kappa shape index (κ2) is 10.8. The summed E-state index contributed by atoms with van der Waals surface area (Å²) in [5.74, 6) is 2.11. The van der Waals surface area contributed by atoms with Crippen molar-refractivity contribution in [3.05, 3.63) is 71.7 Å². The maximum absolute atomic E-state index is 13.4. The minimum absolute atomic E-state index is 0.0590. The number of anilines is 2. The van der Waals surface area contributed by atoms with Crippen LogP contribution in [0.4, 0.5) is 29.3 Å². The molecule has 1 aliphatic rings. The molecule has 3 heterocycles. The number of urea groups is 1. The molecule has 4 aromatic rings. The number of ether oxygens (including phenoxy) is 3. The Kier molecular flexibility index (Phi) is 7.35. The largest absolute Gasteiger partial charge is 0.493 e. The van der Waals surface area contributed by atoms with Crippen molar-refractivity contribution in [2.75, 3.05) is 30.6 Å². The van der Waals surface area contributed by atoms with Crippen LogP contribution in [0.2, 0.25) is 0 Å². The lowest BCUT2D eigenvalue weighted by Crippen LogP contribution is -2.35. The predicted molar refractivity (Wildman–Crippen MR) is 146 cm³/mol. The summed E-state index contributed by atoms with van der Waals surface area (Å²) in [5.41, 5.74) is 1.48. The summed E-state index contributed by atoms with van der Waals surface area (Å²) in [7, 11) is 3.08. The highest BCUT2D eigenvalue weighted by Crippen LogP contribution is 2.41. The van der Waals surface area contributed by atoms with Crippen molar-refractivity contribution in [3.8, 4) is 23.0 Å². The van der Waals surface area contributed by atoms with Gasteiger partial charge in [0.2, 0.25) is 0 Å². The first-order valence-electron chi connectivity index (χ1n) is 12.7. The maximum Gasteiger partial charge on any atom is 0.417 e. The summed E-state index contributed by atoms with van der Waals surface area (Å²) >= 11 is 0. The topological polar surface area (TPSA) is 97.2 Å². The molecule has 1 unspecified atom stereocenters. The minimum Gasteiger partial charge on any atom is -0.493 e. The van der Waals surface area contributed by atoms with Gasteiger partial charge in [0, 0.05) is 23.8 Å². The first kappa shape index (κ1) is 28.0. The van der Waals surface area contributed by atoms with Gasteiger partial charge in [-0.3, -0.25) is 19.8 Å². The Bertz CT molecular complexity index is 1630. The van der Waals surface area contributed by atoms with E-state index in [2.05, 4.69) is 9.97 Å². The lowest BCUT2D eigenvalue weighted by molar-refractivity contribution is -0.137. The third-order valence-corrected chi connectivity index (χ3v) is 7.01. The lowest BCUT2D eigenvalue weighted by atomic mass is 10.0. The summed E-state index contributed by atoms with van der Waals surface area (Å²) in [5, 5.41) is 11.5. The van der Waals surface area contributed by atoms with Crippen molar-refractivity contribution in [3.63, 3.8) is 0 Å². The summed E-state index contributed by atoms with van der Waals surface area (Å²) in [6.07, 6.45) is -1.91. The molecule has 1 aliphatic heterocycles. The van der Waals surface area contributed by atoms with Crippen LogP contribution in [0.1, 0.15) is 23.6 Å². The highest BCUT2D eigenvalue weighted by molar-refractivity contribution is 6.07. The van der Waals surface area contributed by atoms with Crippen LogP contribution in [0.3, 0.4) is 0 Å². The van der Waals surface area contributed by atoms with Crippen molar-refractivity contribution in [2.24, 2.45) is 0 Å². The van der Waals surface area contributed by atoms with Gasteiger partial charge in [-0.2, -0.15) is 13.2 Å². The van der Waals surface area contributed by atoms with Crippen molar-refractivity contribution in [1.29, 1.82) is 0 Å². The van der Waals surface area contributed by atoms with Crippen LogP contribution in [-0.4, -0.2) is 48.1 Å². The number of aliphatic hydroxyl groups is 1. The Labute approximate surface area is 233 Å². The zero-order valence-corrected chi connectivity index (χ0v) is 22.7. The molecular formula is C29H27F3N4O5. The van der Waals surface area contributed by atoms with E-state index < -0.39 is 24.0 Å². The van der Waals surface area contributed by atoms with Crippen LogP contribution < -0.4 is 24.0 Å². The van der Waals surface area contributed by atoms with E-state index in [1.54, 1.807) is 50.6 Å². The highest BCUT2D eigenvalue weighted by Gasteiger charge is 2.40. The van der Waals surface area contributed by atoms with Gasteiger partial charge in [-0.25, -0.2) is 4.79 Å². The molecule has 0 radical (unpaired) electrons. The van der Waals surface area contributed by atoms with Gasteiger partial charge >= 0.3 is 12.2 Å². The molecule has 41 heavy (non-hydrogen) atoms. The van der Waals surface area contributed by atoms with E-state index in [0.717, 1.165) is 27.6 Å². The number of aliphatic hydroxyl groups excluding tert-OH is 1. The average molecular weight is 569 g/mol. The van der Waals surface area contributed by atoms with E-state index in [1.807, 2.05) is 6.92 Å². The zero-order valence-electron chi connectivity index (χ0n) is 22.7. The van der Waals surface area contributed by atoms with E-state index in [-0.39, 0.29) is 12.2 Å². The summed E-state index contributed by atoms with van der Waals surface area (Å²) in [6, 6.07) is 8.77. The van der Waals surface area contributed by atoms with Crippen molar-refractivity contribution < 1.29 is 37.3 Å². The van der Waals surface area contributed by atoms with Crippen molar-refractivity contribution >= 4 is 28.3 Å². The Balaban J connectivity index is 1.49. The quantitative estimate of drug-likeness (QED) is 0.288. The van der Waals surface area contributed by atoms with Crippen LogP contribution in [-0.2, 0) is 12.6 Å². The van der Waals surface area contributed by atoms with Crippen LogP contribution in [0.5, 0.6) is 23.0 Å². The van der Waals surface area contributed by atoms with Crippen molar-refractivity contribution in [1.82, 2.24) is 9.97 Å². The maximum atomic E-state index is 13.4. The fraction of sp³-hybridized carbons (Fsp3) is 0.276. The number of fused-ring (bicyclic) bond motifs is 1. The first-order chi connectivity index (χ1) is 19.6. The second-order valence-corrected chi connectivity index (χ2v) is 9.35. The molecule has 0 spiro atoms. The number of halogens is 3. The van der Waals surface area contributed by atoms with Crippen LogP contribution in [0.15, 0.2) is 55.0 Å². The van der Waals surface area contributed by atoms with Crippen LogP contribution >= 0.6 is 0 Å². The Hall–Kier alpha value is -4.58. The molecule has 2 amide bonds. The Morgan fingerprint density at radius 1 is 1.02 bits per heavy atom. The van der Waals surface area contributed by atoms with Gasteiger partial charge in [0.05, 0.1) is 49.4 Å². The number of β-amino-alcohol motifs (C(OH)–C–C–N with tert-alkyl or cyclic N) is 1. The molecule has 0 aliphatic carbocycles. The number of rotatable bonds is 7. The van der Waals surface area contributed by atoms with Gasteiger partial charge in [0.15, 0.2) is 17.7 Å². The molecule has 1 N–H and O–H groups in total. The van der Waals surface area contributed by atoms with Gasteiger partial charge in [-0.05, 0) is 54.8 Å². The van der Waals surface area contributed by atoms with Crippen molar-refractivity contribution in [2.45, 2.75) is 32.7 Å². The molecule has 0 saturated carbocycles. The van der Waals surface area contributed by atoms with Gasteiger partial charge in [-0.15, -0.1) is 0 Å². The third-order valence-electron chi connectivity index (χ3n) is 7.01. The molecule has 9 nitrogen and oxygen atoms in total. The van der Waals surface area contributed by atoms with Crippen LogP contribution in [0.25, 0.3) is 10.9 Å². The number of nitrogens with zero attached hydrogens (tertiary/aromatic N) is 4. The molecule has 1 fully saturated rings. The number of carbonyl (C=O) groups is 1. The summed E-state index contributed by atoms with van der Waals surface area (Å²) in [6.45, 7) is 3.50. The average Bonchev–Trinajstić information content (AvgIpc) is 3.25. The molecule has 1 atom stereocenters. The zero-order chi connectivity index (χ0) is 29.5. The highest BCUT2D eigenvalue weighted by atomic mass is 19.4. The molecule has 12 heteroatoms. The Morgan fingerprint density at radius 2 is 1.76 bits per heavy atom. The Morgan fingerprint density at radius 3 is 2.44 bits per heavy atom. The summed E-state index contributed by atoms with van der Waals surface area (Å²) < 4.78 is 56.8. The number of alkyl halides is 3. The number of hydrogen-bond donors (Lipinski definition) is 1. The fourth-order valence-electron chi connectivity index (χ4n) is 4.96. The van der Waals surface area contributed by atoms with E-state index in [1.165, 1.54) is 7.11 Å². The molecular weight excluding hydrogens is 541 g/mol. The van der Waals surface area contributed by atoms with E-state index in [9.17, 15) is 23.1 Å². The lowest BCUT2D eigenvalue weighted by Gasteiger charge is -2.24. The third kappa shape index (κ3) is 5.06. The molecule has 0 bridgehead atoms. The minimum atomic E-state index is -4.62. The molecule has 2 aromatic heterocycles. The van der Waals surface area contributed by atoms with E-state index >= 15 is 0 Å². The molecule has 2 aromatic carbocycles. The molecule has 1 saturated heterocycles. The number of benzene rings is 2. The smallest absolute Gasteiger partial charge is 0.417 e. The number of methoxy groups -OCH3 is 2. The van der Waals surface area contributed by atoms with E-state index in [0.29, 0.717) is 57.8 Å². The van der Waals surface area contributed by atoms with Gasteiger partial charge in [0.1, 0.15) is 11.5 Å². The number of hydrogen-bond acceptors (Lipinski definition) is 7. The number of carbonyl (C=O) groups excluding carboxylic acids is 1. The van der Waals surface area contributed by atoms with Gasteiger partial charge in [0.25, 0.3) is 0 Å². The number of pyridine rings is 2. The van der Waals surface area contributed by atoms with Gasteiger partial charge < -0.3 is 19.3 Å². The monoisotopic (exact) mass is 568 g/mol. The molecule has 214 valence electrons. The number of aromatic nitrogens is 2.